The van der Waals surface area contributed by atoms with Crippen LogP contribution in [-0.2, 0) is 9.59 Å². The van der Waals surface area contributed by atoms with Gasteiger partial charge in [-0.2, -0.15) is 0 Å². The lowest BCUT2D eigenvalue weighted by molar-refractivity contribution is -0.120. The molecule has 0 spiro atoms. The van der Waals surface area contributed by atoms with E-state index in [1.54, 1.807) is 18.2 Å². The van der Waals surface area contributed by atoms with E-state index < -0.39 is 0 Å². The predicted octanol–water partition coefficient (Wildman–Crippen LogP) is 3.02. The Kier molecular flexibility index (Phi) is 4.61. The van der Waals surface area contributed by atoms with Crippen LogP contribution in [0.15, 0.2) is 36.4 Å². The van der Waals surface area contributed by atoms with E-state index in [9.17, 15) is 9.59 Å². The molecular formula is C19H20N2O4. The number of rotatable bonds is 4. The number of amides is 2. The summed E-state index contributed by atoms with van der Waals surface area (Å²) >= 11 is 0. The van der Waals surface area contributed by atoms with Crippen molar-refractivity contribution in [2.45, 2.75) is 20.8 Å². The third kappa shape index (κ3) is 3.74. The van der Waals surface area contributed by atoms with Gasteiger partial charge in [-0.05, 0) is 49.2 Å². The molecule has 0 unspecified atom stereocenters. The molecule has 0 radical (unpaired) electrons. The monoisotopic (exact) mass is 340 g/mol. The molecule has 2 aromatic rings. The standard InChI is InChI=1S/C19H20N2O4/c1-12-4-6-16(8-13(12)2)21(14(3)22)10-19(23)20-15-5-7-17-18(9-15)25-11-24-17/h4-9H,10-11H2,1-3H3,(H,20,23). The van der Waals surface area contributed by atoms with Gasteiger partial charge in [-0.1, -0.05) is 6.07 Å². The molecule has 2 amide bonds. The summed E-state index contributed by atoms with van der Waals surface area (Å²) in [5, 5.41) is 2.78. The van der Waals surface area contributed by atoms with Crippen molar-refractivity contribution in [3.05, 3.63) is 47.5 Å². The molecule has 0 aliphatic carbocycles. The topological polar surface area (TPSA) is 67.9 Å². The third-order valence-corrected chi connectivity index (χ3v) is 4.14. The first-order valence-corrected chi connectivity index (χ1v) is 7.99. The molecule has 25 heavy (non-hydrogen) atoms. The molecule has 0 saturated carbocycles. The average Bonchev–Trinajstić information content (AvgIpc) is 3.03. The number of benzene rings is 2. The number of carbonyl (C=O) groups is 2. The predicted molar refractivity (Wildman–Crippen MR) is 95.1 cm³/mol. The van der Waals surface area contributed by atoms with E-state index in [0.29, 0.717) is 22.9 Å². The van der Waals surface area contributed by atoms with E-state index >= 15 is 0 Å². The second kappa shape index (κ2) is 6.84. The molecule has 1 N–H and O–H groups in total. The van der Waals surface area contributed by atoms with Gasteiger partial charge in [0.15, 0.2) is 11.5 Å². The third-order valence-electron chi connectivity index (χ3n) is 4.14. The van der Waals surface area contributed by atoms with Crippen LogP contribution in [0.5, 0.6) is 11.5 Å². The van der Waals surface area contributed by atoms with Gasteiger partial charge in [-0.15, -0.1) is 0 Å². The zero-order valence-corrected chi connectivity index (χ0v) is 14.5. The van der Waals surface area contributed by atoms with Crippen molar-refractivity contribution in [3.63, 3.8) is 0 Å². The van der Waals surface area contributed by atoms with Crippen molar-refractivity contribution < 1.29 is 19.1 Å². The molecule has 130 valence electrons. The Hall–Kier alpha value is -3.02. The molecule has 3 rings (SSSR count). The Morgan fingerprint density at radius 1 is 1.04 bits per heavy atom. The minimum absolute atomic E-state index is 0.0632. The Balaban J connectivity index is 1.72. The summed E-state index contributed by atoms with van der Waals surface area (Å²) in [6, 6.07) is 10.9. The molecule has 0 fully saturated rings. The van der Waals surface area contributed by atoms with Crippen LogP contribution >= 0.6 is 0 Å². The lowest BCUT2D eigenvalue weighted by atomic mass is 10.1. The van der Waals surface area contributed by atoms with Gasteiger partial charge in [-0.25, -0.2) is 0 Å². The second-order valence-corrected chi connectivity index (χ2v) is 5.99. The quantitative estimate of drug-likeness (QED) is 0.929. The maximum atomic E-state index is 12.4. The van der Waals surface area contributed by atoms with Gasteiger partial charge in [0.1, 0.15) is 6.54 Å². The highest BCUT2D eigenvalue weighted by Gasteiger charge is 2.18. The summed E-state index contributed by atoms with van der Waals surface area (Å²) in [4.78, 5) is 25.8. The molecular weight excluding hydrogens is 320 g/mol. The molecule has 1 aliphatic heterocycles. The molecule has 6 heteroatoms. The van der Waals surface area contributed by atoms with Gasteiger partial charge >= 0.3 is 0 Å². The van der Waals surface area contributed by atoms with E-state index in [1.165, 1.54) is 11.8 Å². The highest BCUT2D eigenvalue weighted by Crippen LogP contribution is 2.34. The van der Waals surface area contributed by atoms with Gasteiger partial charge in [0.25, 0.3) is 0 Å². The molecule has 2 aromatic carbocycles. The fourth-order valence-electron chi connectivity index (χ4n) is 2.60. The van der Waals surface area contributed by atoms with E-state index in [-0.39, 0.29) is 25.2 Å². The lowest BCUT2D eigenvalue weighted by Crippen LogP contribution is -2.36. The van der Waals surface area contributed by atoms with E-state index in [2.05, 4.69) is 5.32 Å². The van der Waals surface area contributed by atoms with Crippen LogP contribution in [0.25, 0.3) is 0 Å². The first-order valence-electron chi connectivity index (χ1n) is 7.99. The van der Waals surface area contributed by atoms with Gasteiger partial charge in [-0.3, -0.25) is 9.59 Å². The lowest BCUT2D eigenvalue weighted by Gasteiger charge is -2.21. The Bertz CT molecular complexity index is 832. The van der Waals surface area contributed by atoms with E-state index in [1.807, 2.05) is 32.0 Å². The van der Waals surface area contributed by atoms with Crippen molar-refractivity contribution >= 4 is 23.2 Å². The molecule has 1 aliphatic rings. The highest BCUT2D eigenvalue weighted by atomic mass is 16.7. The van der Waals surface area contributed by atoms with Crippen LogP contribution in [-0.4, -0.2) is 25.2 Å². The normalized spacial score (nSPS) is 12.0. The van der Waals surface area contributed by atoms with Gasteiger partial charge in [0.05, 0.1) is 0 Å². The first kappa shape index (κ1) is 16.8. The number of hydrogen-bond donors (Lipinski definition) is 1. The van der Waals surface area contributed by atoms with Crippen molar-refractivity contribution in [2.75, 3.05) is 23.6 Å². The number of ether oxygens (including phenoxy) is 2. The van der Waals surface area contributed by atoms with Crippen LogP contribution in [0, 0.1) is 13.8 Å². The minimum atomic E-state index is -0.285. The van der Waals surface area contributed by atoms with Crippen LogP contribution in [0.2, 0.25) is 0 Å². The number of hydrogen-bond acceptors (Lipinski definition) is 4. The van der Waals surface area contributed by atoms with Gasteiger partial charge in [0.2, 0.25) is 18.6 Å². The maximum Gasteiger partial charge on any atom is 0.244 e. The number of nitrogens with one attached hydrogen (secondary N) is 1. The Morgan fingerprint density at radius 2 is 1.80 bits per heavy atom. The van der Waals surface area contributed by atoms with Gasteiger partial charge in [0, 0.05) is 24.4 Å². The summed E-state index contributed by atoms with van der Waals surface area (Å²) in [6.07, 6.45) is 0. The molecule has 0 aromatic heterocycles. The Morgan fingerprint density at radius 3 is 2.52 bits per heavy atom. The number of fused-ring (bicyclic) bond motifs is 1. The first-order chi connectivity index (χ1) is 11.9. The van der Waals surface area contributed by atoms with Crippen LogP contribution in [0.4, 0.5) is 11.4 Å². The van der Waals surface area contributed by atoms with E-state index in [0.717, 1.165) is 11.1 Å². The molecule has 1 heterocycles. The smallest absolute Gasteiger partial charge is 0.244 e. The highest BCUT2D eigenvalue weighted by molar-refractivity contribution is 6.02. The Labute approximate surface area is 146 Å². The van der Waals surface area contributed by atoms with Crippen molar-refractivity contribution in [1.29, 1.82) is 0 Å². The van der Waals surface area contributed by atoms with E-state index in [4.69, 9.17) is 9.47 Å². The molecule has 6 nitrogen and oxygen atoms in total. The molecule has 0 bridgehead atoms. The average molecular weight is 340 g/mol. The summed E-state index contributed by atoms with van der Waals surface area (Å²) in [5.74, 6) is 0.769. The van der Waals surface area contributed by atoms with Crippen molar-refractivity contribution in [3.8, 4) is 11.5 Å². The fourth-order valence-corrected chi connectivity index (χ4v) is 2.60. The SMILES string of the molecule is CC(=O)N(CC(=O)Nc1ccc2c(c1)OCO2)c1ccc(C)c(C)c1. The molecule has 0 atom stereocenters. The zero-order chi connectivity index (χ0) is 18.0. The van der Waals surface area contributed by atoms with Crippen molar-refractivity contribution in [1.82, 2.24) is 0 Å². The fraction of sp³-hybridized carbons (Fsp3) is 0.263. The van der Waals surface area contributed by atoms with Crippen LogP contribution in [0.3, 0.4) is 0 Å². The molecule has 0 saturated heterocycles. The number of aryl methyl sites for hydroxylation is 2. The zero-order valence-electron chi connectivity index (χ0n) is 14.5. The second-order valence-electron chi connectivity index (χ2n) is 5.99. The van der Waals surface area contributed by atoms with Gasteiger partial charge < -0.3 is 19.7 Å². The summed E-state index contributed by atoms with van der Waals surface area (Å²) in [5.41, 5.74) is 3.51. The summed E-state index contributed by atoms with van der Waals surface area (Å²) in [6.45, 7) is 5.54. The number of carbonyl (C=O) groups excluding carboxylic acids is 2. The van der Waals surface area contributed by atoms with Crippen LogP contribution < -0.4 is 19.7 Å². The summed E-state index contributed by atoms with van der Waals surface area (Å²) < 4.78 is 10.5. The van der Waals surface area contributed by atoms with Crippen molar-refractivity contribution in [2.24, 2.45) is 0 Å². The maximum absolute atomic E-state index is 12.4. The largest absolute Gasteiger partial charge is 0.454 e. The van der Waals surface area contributed by atoms with Crippen LogP contribution in [0.1, 0.15) is 18.1 Å². The number of nitrogens with zero attached hydrogens (tertiary/aromatic N) is 1. The summed E-state index contributed by atoms with van der Waals surface area (Å²) in [7, 11) is 0. The number of anilines is 2. The minimum Gasteiger partial charge on any atom is -0.454 e.